The van der Waals surface area contributed by atoms with E-state index in [1.54, 1.807) is 12.1 Å². The molecule has 0 bridgehead atoms. The van der Waals surface area contributed by atoms with Crippen LogP contribution in [-0.4, -0.2) is 35.5 Å². The van der Waals surface area contributed by atoms with E-state index in [9.17, 15) is 14.0 Å². The second-order valence-corrected chi connectivity index (χ2v) is 5.66. The summed E-state index contributed by atoms with van der Waals surface area (Å²) in [5.41, 5.74) is 0.131. The van der Waals surface area contributed by atoms with Crippen molar-refractivity contribution in [1.29, 1.82) is 0 Å². The number of hydrogen-bond acceptors (Lipinski definition) is 5. The maximum atomic E-state index is 13.8. The van der Waals surface area contributed by atoms with Gasteiger partial charge in [-0.05, 0) is 18.6 Å². The number of anilines is 1. The highest BCUT2D eigenvalue weighted by Gasteiger charge is 2.19. The summed E-state index contributed by atoms with van der Waals surface area (Å²) in [6.07, 6.45) is 3.91. The van der Waals surface area contributed by atoms with Crippen molar-refractivity contribution in [3.8, 4) is 0 Å². The second kappa shape index (κ2) is 9.55. The fourth-order valence-corrected chi connectivity index (χ4v) is 2.31. The molecule has 1 N–H and O–H groups in total. The van der Waals surface area contributed by atoms with Crippen molar-refractivity contribution in [2.75, 3.05) is 19.0 Å². The van der Waals surface area contributed by atoms with Crippen LogP contribution in [0.1, 0.15) is 42.6 Å². The summed E-state index contributed by atoms with van der Waals surface area (Å²) in [5.74, 6) is -0.933. The summed E-state index contributed by atoms with van der Waals surface area (Å²) in [6, 6.07) is 5.47. The van der Waals surface area contributed by atoms with Crippen LogP contribution in [-0.2, 0) is 11.3 Å². The lowest BCUT2D eigenvalue weighted by atomic mass is 10.2. The predicted molar refractivity (Wildman–Crippen MR) is 93.2 cm³/mol. The Morgan fingerprint density at radius 3 is 2.77 bits per heavy atom. The smallest absolute Gasteiger partial charge is 0.360 e. The van der Waals surface area contributed by atoms with Crippen LogP contribution in [0.15, 0.2) is 34.9 Å². The van der Waals surface area contributed by atoms with E-state index in [2.05, 4.69) is 22.0 Å². The van der Waals surface area contributed by atoms with Gasteiger partial charge in [0.2, 0.25) is 5.89 Å². The average molecular weight is 363 g/mol. The Balaban J connectivity index is 2.09. The lowest BCUT2D eigenvalue weighted by Crippen LogP contribution is -2.35. The zero-order valence-electron chi connectivity index (χ0n) is 14.8. The van der Waals surface area contributed by atoms with Gasteiger partial charge in [-0.3, -0.25) is 0 Å². The number of carbonyl (C=O) groups is 2. The highest BCUT2D eigenvalue weighted by molar-refractivity contribution is 5.89. The third-order valence-corrected chi connectivity index (χ3v) is 3.71. The number of nitrogens with one attached hydrogen (secondary N) is 1. The molecule has 0 aliphatic rings. The fourth-order valence-electron chi connectivity index (χ4n) is 2.31. The Kier molecular flexibility index (Phi) is 7.13. The lowest BCUT2D eigenvalue weighted by Gasteiger charge is -2.21. The van der Waals surface area contributed by atoms with Crippen LogP contribution in [0.2, 0.25) is 0 Å². The standard InChI is InChI=1S/C18H22FN3O4/c1-3-4-7-10-22(11-16-20-15(12-26-16)17(23)25-2)18(24)21-14-9-6-5-8-13(14)19/h5-6,8-9,12H,3-4,7,10-11H2,1-2H3,(H,21,24). The number of methoxy groups -OCH3 is 1. The Labute approximate surface area is 151 Å². The molecule has 2 aromatic rings. The van der Waals surface area contributed by atoms with Gasteiger partial charge in [-0.15, -0.1) is 0 Å². The Morgan fingerprint density at radius 1 is 1.31 bits per heavy atom. The molecule has 140 valence electrons. The molecule has 7 nitrogen and oxygen atoms in total. The normalized spacial score (nSPS) is 10.4. The zero-order chi connectivity index (χ0) is 18.9. The minimum atomic E-state index is -0.617. The number of carbonyl (C=O) groups excluding carboxylic acids is 2. The van der Waals surface area contributed by atoms with E-state index < -0.39 is 17.8 Å². The van der Waals surface area contributed by atoms with Crippen molar-refractivity contribution in [3.05, 3.63) is 47.9 Å². The van der Waals surface area contributed by atoms with E-state index in [1.807, 2.05) is 0 Å². The number of amides is 2. The van der Waals surface area contributed by atoms with Crippen LogP contribution >= 0.6 is 0 Å². The van der Waals surface area contributed by atoms with Gasteiger partial charge in [-0.2, -0.15) is 0 Å². The number of para-hydroxylation sites is 1. The number of esters is 1. The number of ether oxygens (including phenoxy) is 1. The van der Waals surface area contributed by atoms with E-state index in [1.165, 1.54) is 30.4 Å². The number of nitrogens with zero attached hydrogens (tertiary/aromatic N) is 2. The summed E-state index contributed by atoms with van der Waals surface area (Å²) in [6.45, 7) is 2.56. The highest BCUT2D eigenvalue weighted by atomic mass is 19.1. The molecule has 2 rings (SSSR count). The molecule has 0 unspecified atom stereocenters. The summed E-state index contributed by atoms with van der Waals surface area (Å²) >= 11 is 0. The van der Waals surface area contributed by atoms with Crippen molar-refractivity contribution in [3.63, 3.8) is 0 Å². The summed E-state index contributed by atoms with van der Waals surface area (Å²) in [7, 11) is 1.25. The summed E-state index contributed by atoms with van der Waals surface area (Å²) < 4.78 is 23.6. The van der Waals surface area contributed by atoms with E-state index in [0.717, 1.165) is 19.3 Å². The molecule has 8 heteroatoms. The lowest BCUT2D eigenvalue weighted by molar-refractivity contribution is 0.0594. The molecule has 0 atom stereocenters. The van der Waals surface area contributed by atoms with Crippen molar-refractivity contribution in [1.82, 2.24) is 9.88 Å². The van der Waals surface area contributed by atoms with E-state index in [-0.39, 0.29) is 23.8 Å². The van der Waals surface area contributed by atoms with Gasteiger partial charge in [-0.1, -0.05) is 31.9 Å². The van der Waals surface area contributed by atoms with Gasteiger partial charge in [0.05, 0.1) is 19.3 Å². The molecule has 0 fully saturated rings. The summed E-state index contributed by atoms with van der Waals surface area (Å²) in [4.78, 5) is 29.5. The molecule has 0 radical (unpaired) electrons. The molecule has 1 aromatic carbocycles. The van der Waals surface area contributed by atoms with Crippen LogP contribution in [0.3, 0.4) is 0 Å². The molecule has 0 spiro atoms. The SMILES string of the molecule is CCCCCN(Cc1nc(C(=O)OC)co1)C(=O)Nc1ccccc1F. The van der Waals surface area contributed by atoms with Crippen molar-refractivity contribution in [2.24, 2.45) is 0 Å². The Hall–Kier alpha value is -2.90. The highest BCUT2D eigenvalue weighted by Crippen LogP contribution is 2.15. The first-order valence-electron chi connectivity index (χ1n) is 8.38. The minimum absolute atomic E-state index is 0.0329. The number of unbranched alkanes of at least 4 members (excludes halogenated alkanes) is 2. The number of aromatic nitrogens is 1. The first kappa shape index (κ1) is 19.4. The first-order valence-corrected chi connectivity index (χ1v) is 8.38. The topological polar surface area (TPSA) is 84.7 Å². The molecule has 0 saturated heterocycles. The quantitative estimate of drug-likeness (QED) is 0.569. The third kappa shape index (κ3) is 5.30. The predicted octanol–water partition coefficient (Wildman–Crippen LogP) is 3.82. The molecular weight excluding hydrogens is 341 g/mol. The van der Waals surface area contributed by atoms with Gasteiger partial charge < -0.3 is 19.4 Å². The van der Waals surface area contributed by atoms with Crippen LogP contribution in [0.5, 0.6) is 0 Å². The van der Waals surface area contributed by atoms with E-state index in [0.29, 0.717) is 6.54 Å². The first-order chi connectivity index (χ1) is 12.5. The number of urea groups is 1. The molecule has 1 heterocycles. The molecular formula is C18H22FN3O4. The number of rotatable bonds is 8. The fraction of sp³-hybridized carbons (Fsp3) is 0.389. The van der Waals surface area contributed by atoms with Crippen LogP contribution < -0.4 is 5.32 Å². The molecule has 26 heavy (non-hydrogen) atoms. The molecule has 1 aromatic heterocycles. The van der Waals surface area contributed by atoms with E-state index >= 15 is 0 Å². The largest absolute Gasteiger partial charge is 0.464 e. The van der Waals surface area contributed by atoms with Crippen LogP contribution in [0.4, 0.5) is 14.9 Å². The van der Waals surface area contributed by atoms with Crippen molar-refractivity contribution >= 4 is 17.7 Å². The van der Waals surface area contributed by atoms with Gasteiger partial charge in [0.25, 0.3) is 0 Å². The van der Waals surface area contributed by atoms with Crippen LogP contribution in [0, 0.1) is 5.82 Å². The van der Waals surface area contributed by atoms with E-state index in [4.69, 9.17) is 4.42 Å². The maximum absolute atomic E-state index is 13.8. The van der Waals surface area contributed by atoms with Crippen molar-refractivity contribution in [2.45, 2.75) is 32.7 Å². The monoisotopic (exact) mass is 363 g/mol. The second-order valence-electron chi connectivity index (χ2n) is 5.66. The van der Waals surface area contributed by atoms with Crippen molar-refractivity contribution < 1.29 is 23.1 Å². The molecule has 0 aliphatic carbocycles. The average Bonchev–Trinajstić information content (AvgIpc) is 3.11. The maximum Gasteiger partial charge on any atom is 0.360 e. The van der Waals surface area contributed by atoms with Crippen LogP contribution in [0.25, 0.3) is 0 Å². The van der Waals surface area contributed by atoms with Gasteiger partial charge in [0.15, 0.2) is 5.69 Å². The van der Waals surface area contributed by atoms with Gasteiger partial charge in [0, 0.05) is 6.54 Å². The summed E-state index contributed by atoms with van der Waals surface area (Å²) in [5, 5.41) is 2.55. The molecule has 0 aliphatic heterocycles. The molecule has 2 amide bonds. The minimum Gasteiger partial charge on any atom is -0.464 e. The van der Waals surface area contributed by atoms with Gasteiger partial charge in [0.1, 0.15) is 12.1 Å². The third-order valence-electron chi connectivity index (χ3n) is 3.71. The number of benzene rings is 1. The Morgan fingerprint density at radius 2 is 2.08 bits per heavy atom. The Bertz CT molecular complexity index is 748. The zero-order valence-corrected chi connectivity index (χ0v) is 14.8. The number of oxazole rings is 1. The number of halogens is 1. The van der Waals surface area contributed by atoms with Gasteiger partial charge in [-0.25, -0.2) is 19.0 Å². The molecule has 0 saturated carbocycles. The van der Waals surface area contributed by atoms with Gasteiger partial charge >= 0.3 is 12.0 Å². The number of hydrogen-bond donors (Lipinski definition) is 1.